The Morgan fingerprint density at radius 2 is 2.22 bits per heavy atom. The van der Waals surface area contributed by atoms with Crippen LogP contribution >= 0.6 is 12.6 Å². The Morgan fingerprint density at radius 3 is 2.83 bits per heavy atom. The summed E-state index contributed by atoms with van der Waals surface area (Å²) in [4.78, 5) is 14.1. The highest BCUT2D eigenvalue weighted by Gasteiger charge is 2.29. The van der Waals surface area contributed by atoms with Crippen LogP contribution in [0.3, 0.4) is 0 Å². The molecular weight excluding hydrogens is 246 g/mol. The first-order chi connectivity index (χ1) is 8.70. The molecule has 0 radical (unpaired) electrons. The van der Waals surface area contributed by atoms with Crippen molar-refractivity contribution < 1.29 is 9.53 Å². The van der Waals surface area contributed by atoms with Crippen LogP contribution in [0.25, 0.3) is 0 Å². The normalized spacial score (nSPS) is 21.0. The summed E-state index contributed by atoms with van der Waals surface area (Å²) in [6.07, 6.45) is 1.79. The van der Waals surface area contributed by atoms with Crippen LogP contribution in [0.1, 0.15) is 12.0 Å². The minimum Gasteiger partial charge on any atom is -0.380 e. The number of thiol groups is 1. The molecule has 1 aliphatic heterocycles. The van der Waals surface area contributed by atoms with E-state index in [1.165, 1.54) is 0 Å². The number of carbonyl (C=O) groups excluding carboxylic acids is 1. The number of ether oxygens (including phenoxy) is 1. The van der Waals surface area contributed by atoms with Crippen molar-refractivity contribution in [2.24, 2.45) is 0 Å². The average molecular weight is 265 g/mol. The fraction of sp³-hybridized carbons (Fsp3) is 0.500. The molecule has 0 bridgehead atoms. The first-order valence-electron chi connectivity index (χ1n) is 6.24. The smallest absolute Gasteiger partial charge is 0.235 e. The van der Waals surface area contributed by atoms with Crippen LogP contribution in [-0.4, -0.2) is 42.4 Å². The molecule has 2 atom stereocenters. The molecule has 1 amide bonds. The van der Waals surface area contributed by atoms with E-state index in [1.807, 2.05) is 35.2 Å². The van der Waals surface area contributed by atoms with Gasteiger partial charge in [-0.3, -0.25) is 4.79 Å². The number of likely N-dealkylation sites (tertiary alicyclic amines) is 1. The summed E-state index contributed by atoms with van der Waals surface area (Å²) in [7, 11) is 1.70. The van der Waals surface area contributed by atoms with Gasteiger partial charge >= 0.3 is 0 Å². The van der Waals surface area contributed by atoms with E-state index in [2.05, 4.69) is 12.6 Å². The lowest BCUT2D eigenvalue weighted by Gasteiger charge is -2.20. The molecule has 1 fully saturated rings. The van der Waals surface area contributed by atoms with E-state index in [4.69, 9.17) is 4.74 Å². The van der Waals surface area contributed by atoms with Gasteiger partial charge in [-0.2, -0.15) is 12.6 Å². The first-order valence-corrected chi connectivity index (χ1v) is 6.76. The minimum absolute atomic E-state index is 0.113. The fourth-order valence-electron chi connectivity index (χ4n) is 2.26. The summed E-state index contributed by atoms with van der Waals surface area (Å²) in [6, 6.07) is 9.99. The second kappa shape index (κ2) is 6.25. The van der Waals surface area contributed by atoms with Crippen LogP contribution in [0.4, 0.5) is 0 Å². The zero-order chi connectivity index (χ0) is 13.0. The van der Waals surface area contributed by atoms with Gasteiger partial charge in [-0.1, -0.05) is 30.3 Å². The Balaban J connectivity index is 1.89. The van der Waals surface area contributed by atoms with Gasteiger partial charge in [0.05, 0.1) is 11.4 Å². The number of amides is 1. The van der Waals surface area contributed by atoms with Crippen molar-refractivity contribution in [3.8, 4) is 0 Å². The molecule has 0 aromatic heterocycles. The number of benzene rings is 1. The fourth-order valence-corrected chi connectivity index (χ4v) is 2.63. The molecule has 2 unspecified atom stereocenters. The van der Waals surface area contributed by atoms with Crippen molar-refractivity contribution in [2.45, 2.75) is 24.2 Å². The zero-order valence-corrected chi connectivity index (χ0v) is 11.5. The van der Waals surface area contributed by atoms with E-state index >= 15 is 0 Å². The first kappa shape index (κ1) is 13.4. The molecule has 18 heavy (non-hydrogen) atoms. The van der Waals surface area contributed by atoms with Gasteiger partial charge in [0.15, 0.2) is 0 Å². The molecule has 98 valence electrons. The van der Waals surface area contributed by atoms with Gasteiger partial charge in [0, 0.05) is 20.2 Å². The second-order valence-corrected chi connectivity index (χ2v) is 5.26. The summed E-state index contributed by atoms with van der Waals surface area (Å²) in [6.45, 7) is 1.48. The Bertz CT molecular complexity index is 396. The number of hydrogen-bond acceptors (Lipinski definition) is 3. The standard InChI is InChI=1S/C14H19NO2S/c1-17-12-7-8-15(10-12)14(16)13(18)9-11-5-3-2-4-6-11/h2-6,12-13,18H,7-10H2,1H3. The minimum atomic E-state index is -0.261. The van der Waals surface area contributed by atoms with Crippen LogP contribution in [-0.2, 0) is 16.0 Å². The van der Waals surface area contributed by atoms with Crippen molar-refractivity contribution >= 4 is 18.5 Å². The molecular formula is C14H19NO2S. The van der Waals surface area contributed by atoms with Crippen LogP contribution in [0.15, 0.2) is 30.3 Å². The van der Waals surface area contributed by atoms with Crippen molar-refractivity contribution in [1.29, 1.82) is 0 Å². The average Bonchev–Trinajstić information content (AvgIpc) is 2.87. The van der Waals surface area contributed by atoms with E-state index in [0.717, 1.165) is 18.5 Å². The number of methoxy groups -OCH3 is 1. The lowest BCUT2D eigenvalue weighted by Crippen LogP contribution is -2.36. The third-order valence-electron chi connectivity index (χ3n) is 3.35. The maximum atomic E-state index is 12.2. The molecule has 1 aliphatic rings. The Labute approximate surface area is 114 Å². The molecule has 0 N–H and O–H groups in total. The SMILES string of the molecule is COC1CCN(C(=O)C(S)Cc2ccccc2)C1. The van der Waals surface area contributed by atoms with E-state index in [9.17, 15) is 4.79 Å². The topological polar surface area (TPSA) is 29.5 Å². The number of carbonyl (C=O) groups is 1. The van der Waals surface area contributed by atoms with E-state index < -0.39 is 0 Å². The van der Waals surface area contributed by atoms with Gasteiger partial charge in [0.25, 0.3) is 0 Å². The third kappa shape index (κ3) is 3.27. The molecule has 1 saturated heterocycles. The highest BCUT2D eigenvalue weighted by molar-refractivity contribution is 7.81. The molecule has 0 saturated carbocycles. The quantitative estimate of drug-likeness (QED) is 0.841. The van der Waals surface area contributed by atoms with Crippen LogP contribution < -0.4 is 0 Å². The molecule has 3 nitrogen and oxygen atoms in total. The van der Waals surface area contributed by atoms with Crippen LogP contribution in [0.5, 0.6) is 0 Å². The Hall–Kier alpha value is -1.00. The molecule has 1 heterocycles. The highest BCUT2D eigenvalue weighted by Crippen LogP contribution is 2.17. The molecule has 2 rings (SSSR count). The number of hydrogen-bond donors (Lipinski definition) is 1. The lowest BCUT2D eigenvalue weighted by atomic mass is 10.1. The van der Waals surface area contributed by atoms with Gasteiger partial charge in [-0.15, -0.1) is 0 Å². The summed E-state index contributed by atoms with van der Waals surface area (Å²) >= 11 is 4.44. The maximum Gasteiger partial charge on any atom is 0.235 e. The summed E-state index contributed by atoms with van der Waals surface area (Å²) < 4.78 is 5.27. The van der Waals surface area contributed by atoms with Crippen LogP contribution in [0, 0.1) is 0 Å². The van der Waals surface area contributed by atoms with E-state index in [0.29, 0.717) is 13.0 Å². The van der Waals surface area contributed by atoms with Gasteiger partial charge in [-0.05, 0) is 18.4 Å². The van der Waals surface area contributed by atoms with Gasteiger partial charge in [-0.25, -0.2) is 0 Å². The Morgan fingerprint density at radius 1 is 1.50 bits per heavy atom. The summed E-state index contributed by atoms with van der Waals surface area (Å²) in [5.41, 5.74) is 1.15. The molecule has 1 aromatic carbocycles. The third-order valence-corrected chi connectivity index (χ3v) is 3.75. The highest BCUT2D eigenvalue weighted by atomic mass is 32.1. The molecule has 1 aromatic rings. The largest absolute Gasteiger partial charge is 0.380 e. The van der Waals surface area contributed by atoms with E-state index in [-0.39, 0.29) is 17.3 Å². The van der Waals surface area contributed by atoms with Crippen molar-refractivity contribution in [3.05, 3.63) is 35.9 Å². The number of nitrogens with zero attached hydrogens (tertiary/aromatic N) is 1. The van der Waals surface area contributed by atoms with Crippen molar-refractivity contribution in [2.75, 3.05) is 20.2 Å². The number of rotatable bonds is 4. The molecule has 0 aliphatic carbocycles. The van der Waals surface area contributed by atoms with Crippen molar-refractivity contribution in [1.82, 2.24) is 4.90 Å². The second-order valence-electron chi connectivity index (χ2n) is 4.64. The van der Waals surface area contributed by atoms with Crippen molar-refractivity contribution in [3.63, 3.8) is 0 Å². The van der Waals surface area contributed by atoms with Gasteiger partial charge < -0.3 is 9.64 Å². The molecule has 4 heteroatoms. The van der Waals surface area contributed by atoms with E-state index in [1.54, 1.807) is 7.11 Å². The zero-order valence-electron chi connectivity index (χ0n) is 10.6. The van der Waals surface area contributed by atoms with Crippen LogP contribution in [0.2, 0.25) is 0 Å². The lowest BCUT2D eigenvalue weighted by molar-refractivity contribution is -0.129. The monoisotopic (exact) mass is 265 g/mol. The summed E-state index contributed by atoms with van der Waals surface area (Å²) in [5, 5.41) is -0.261. The van der Waals surface area contributed by atoms with Gasteiger partial charge in [0.1, 0.15) is 0 Å². The Kier molecular flexibility index (Phi) is 4.66. The maximum absolute atomic E-state index is 12.2. The summed E-state index contributed by atoms with van der Waals surface area (Å²) in [5.74, 6) is 0.113. The predicted molar refractivity (Wildman–Crippen MR) is 74.9 cm³/mol. The molecule has 0 spiro atoms. The predicted octanol–water partition coefficient (Wildman–Crippen LogP) is 1.77. The van der Waals surface area contributed by atoms with Gasteiger partial charge in [0.2, 0.25) is 5.91 Å².